The van der Waals surface area contributed by atoms with E-state index in [9.17, 15) is 0 Å². The fourth-order valence-electron chi connectivity index (χ4n) is 1.68. The molecule has 0 amide bonds. The number of aryl methyl sites for hydroxylation is 1. The minimum atomic E-state index is 0.804. The van der Waals surface area contributed by atoms with Gasteiger partial charge < -0.3 is 4.40 Å². The molecular weight excluding hydrogens is 190 g/mol. The highest BCUT2D eigenvalue weighted by atomic mass is 16.6. The summed E-state index contributed by atoms with van der Waals surface area (Å²) in [5.41, 5.74) is 3.78. The Labute approximate surface area is 86.1 Å². The predicted molar refractivity (Wildman–Crippen MR) is 55.4 cm³/mol. The average molecular weight is 199 g/mol. The quantitative estimate of drug-likeness (QED) is 0.604. The van der Waals surface area contributed by atoms with Crippen molar-refractivity contribution in [3.05, 3.63) is 42.4 Å². The molecule has 3 heterocycles. The Morgan fingerprint density at radius 1 is 1.27 bits per heavy atom. The van der Waals surface area contributed by atoms with Gasteiger partial charge in [0.05, 0.1) is 0 Å². The van der Waals surface area contributed by atoms with Crippen molar-refractivity contribution < 1.29 is 4.63 Å². The molecule has 3 aromatic heterocycles. The smallest absolute Gasteiger partial charge is 0.139 e. The van der Waals surface area contributed by atoms with E-state index in [1.54, 1.807) is 0 Å². The van der Waals surface area contributed by atoms with Gasteiger partial charge in [-0.05, 0) is 30.3 Å². The number of aromatic nitrogens is 3. The van der Waals surface area contributed by atoms with Gasteiger partial charge in [-0.1, -0.05) is 11.2 Å². The zero-order valence-electron chi connectivity index (χ0n) is 8.21. The Hall–Kier alpha value is -2.10. The molecule has 0 atom stereocenters. The largest absolute Gasteiger partial charge is 0.323 e. The minimum absolute atomic E-state index is 0.804. The van der Waals surface area contributed by atoms with Crippen LogP contribution in [0, 0.1) is 6.92 Å². The van der Waals surface area contributed by atoms with Crippen molar-refractivity contribution in [3.8, 4) is 11.3 Å². The van der Waals surface area contributed by atoms with Gasteiger partial charge in [0, 0.05) is 23.5 Å². The first-order valence-corrected chi connectivity index (χ1v) is 4.71. The van der Waals surface area contributed by atoms with E-state index in [0.717, 1.165) is 22.5 Å². The van der Waals surface area contributed by atoms with Crippen LogP contribution in [0.3, 0.4) is 0 Å². The minimum Gasteiger partial charge on any atom is -0.323 e. The lowest BCUT2D eigenvalue weighted by Crippen LogP contribution is -1.78. The molecule has 0 fully saturated rings. The summed E-state index contributed by atoms with van der Waals surface area (Å²) in [6.45, 7) is 1.88. The first-order chi connectivity index (χ1) is 7.34. The summed E-state index contributed by atoms with van der Waals surface area (Å²) in [6, 6.07) is 8.11. The van der Waals surface area contributed by atoms with Crippen molar-refractivity contribution in [2.24, 2.45) is 0 Å². The normalized spacial score (nSPS) is 11.0. The molecule has 0 unspecified atom stereocenters. The van der Waals surface area contributed by atoms with Crippen molar-refractivity contribution >= 4 is 5.52 Å². The molecule has 0 radical (unpaired) electrons. The molecule has 0 saturated carbocycles. The fraction of sp³-hybridized carbons (Fsp3) is 0.0909. The monoisotopic (exact) mass is 199 g/mol. The maximum Gasteiger partial charge on any atom is 0.139 e. The number of nitrogens with zero attached hydrogens (tertiary/aromatic N) is 3. The molecule has 4 heteroatoms. The number of pyridine rings is 1. The highest BCUT2D eigenvalue weighted by Crippen LogP contribution is 2.22. The van der Waals surface area contributed by atoms with E-state index in [-0.39, 0.29) is 0 Å². The van der Waals surface area contributed by atoms with Gasteiger partial charge in [-0.2, -0.15) is 0 Å². The number of hydrogen-bond acceptors (Lipinski definition) is 3. The van der Waals surface area contributed by atoms with E-state index in [1.807, 2.05) is 41.9 Å². The molecule has 3 rings (SSSR count). The molecule has 15 heavy (non-hydrogen) atoms. The molecule has 3 aromatic rings. The first-order valence-electron chi connectivity index (χ1n) is 4.71. The Balaban J connectivity index is 2.24. The maximum atomic E-state index is 4.69. The second kappa shape index (κ2) is 2.95. The van der Waals surface area contributed by atoms with E-state index in [1.165, 1.54) is 0 Å². The Morgan fingerprint density at radius 2 is 2.20 bits per heavy atom. The molecule has 0 aromatic carbocycles. The number of rotatable bonds is 1. The lowest BCUT2D eigenvalue weighted by atomic mass is 10.2. The van der Waals surface area contributed by atoms with Gasteiger partial charge in [-0.3, -0.25) is 0 Å². The predicted octanol–water partition coefficient (Wildman–Crippen LogP) is 2.30. The molecule has 0 saturated heterocycles. The zero-order chi connectivity index (χ0) is 10.3. The van der Waals surface area contributed by atoms with Crippen LogP contribution in [0.4, 0.5) is 0 Å². The lowest BCUT2D eigenvalue weighted by Gasteiger charge is -1.89. The van der Waals surface area contributed by atoms with E-state index in [4.69, 9.17) is 0 Å². The van der Waals surface area contributed by atoms with Gasteiger partial charge >= 0.3 is 0 Å². The summed E-state index contributed by atoms with van der Waals surface area (Å²) in [5, 5.41) is 7.65. The maximum absolute atomic E-state index is 4.69. The summed E-state index contributed by atoms with van der Waals surface area (Å²) in [4.78, 5) is 0. The van der Waals surface area contributed by atoms with Gasteiger partial charge in [0.1, 0.15) is 11.4 Å². The second-order valence-electron chi connectivity index (χ2n) is 3.46. The average Bonchev–Trinajstić information content (AvgIpc) is 2.82. The molecule has 4 nitrogen and oxygen atoms in total. The molecule has 0 aliphatic heterocycles. The topological polar surface area (TPSA) is 43.3 Å². The van der Waals surface area contributed by atoms with Crippen molar-refractivity contribution in [2.45, 2.75) is 6.92 Å². The van der Waals surface area contributed by atoms with Crippen molar-refractivity contribution in [1.82, 2.24) is 14.7 Å². The van der Waals surface area contributed by atoms with Crippen molar-refractivity contribution in [1.29, 1.82) is 0 Å². The van der Waals surface area contributed by atoms with Gasteiger partial charge in [0.15, 0.2) is 0 Å². The van der Waals surface area contributed by atoms with Crippen LogP contribution in [-0.4, -0.2) is 14.7 Å². The SMILES string of the molecule is Cc1nonc1-c1cc2ccccn2c1. The number of fused-ring (bicyclic) bond motifs is 1. The summed E-state index contributed by atoms with van der Waals surface area (Å²) in [5.74, 6) is 0. The standard InChI is InChI=1S/C11H9N3O/c1-8-11(13-15-12-8)9-6-10-4-2-3-5-14(10)7-9/h2-7H,1H3. The molecule has 0 spiro atoms. The second-order valence-corrected chi connectivity index (χ2v) is 3.46. The van der Waals surface area contributed by atoms with Crippen molar-refractivity contribution in [2.75, 3.05) is 0 Å². The molecule has 74 valence electrons. The zero-order valence-corrected chi connectivity index (χ0v) is 8.21. The van der Waals surface area contributed by atoms with Crippen LogP contribution in [0.15, 0.2) is 41.3 Å². The highest BCUT2D eigenvalue weighted by Gasteiger charge is 2.09. The Morgan fingerprint density at radius 3 is 2.93 bits per heavy atom. The van der Waals surface area contributed by atoms with Gasteiger partial charge in [-0.15, -0.1) is 0 Å². The van der Waals surface area contributed by atoms with Crippen LogP contribution < -0.4 is 0 Å². The highest BCUT2D eigenvalue weighted by molar-refractivity contribution is 5.68. The van der Waals surface area contributed by atoms with Gasteiger partial charge in [-0.25, -0.2) is 4.63 Å². The first kappa shape index (κ1) is 8.23. The van der Waals surface area contributed by atoms with Crippen LogP contribution in [0.2, 0.25) is 0 Å². The lowest BCUT2D eigenvalue weighted by molar-refractivity contribution is 0.306. The van der Waals surface area contributed by atoms with E-state index < -0.39 is 0 Å². The van der Waals surface area contributed by atoms with Crippen LogP contribution in [0.5, 0.6) is 0 Å². The van der Waals surface area contributed by atoms with Crippen LogP contribution in [0.25, 0.3) is 16.8 Å². The summed E-state index contributed by atoms with van der Waals surface area (Å²) >= 11 is 0. The summed E-state index contributed by atoms with van der Waals surface area (Å²) < 4.78 is 6.73. The van der Waals surface area contributed by atoms with E-state index in [2.05, 4.69) is 21.0 Å². The Kier molecular flexibility index (Phi) is 1.62. The summed E-state index contributed by atoms with van der Waals surface area (Å²) in [6.07, 6.45) is 4.02. The molecule has 0 aliphatic carbocycles. The van der Waals surface area contributed by atoms with E-state index in [0.29, 0.717) is 0 Å². The molecule has 0 N–H and O–H groups in total. The van der Waals surface area contributed by atoms with Crippen LogP contribution in [0.1, 0.15) is 5.69 Å². The van der Waals surface area contributed by atoms with Crippen LogP contribution >= 0.6 is 0 Å². The van der Waals surface area contributed by atoms with E-state index >= 15 is 0 Å². The summed E-state index contributed by atoms with van der Waals surface area (Å²) in [7, 11) is 0. The van der Waals surface area contributed by atoms with Gasteiger partial charge in [0.25, 0.3) is 0 Å². The van der Waals surface area contributed by atoms with Crippen LogP contribution in [-0.2, 0) is 0 Å². The van der Waals surface area contributed by atoms with Crippen molar-refractivity contribution in [3.63, 3.8) is 0 Å². The molecular formula is C11H9N3O. The fourth-order valence-corrected chi connectivity index (χ4v) is 1.68. The van der Waals surface area contributed by atoms with Gasteiger partial charge in [0.2, 0.25) is 0 Å². The third kappa shape index (κ3) is 1.22. The third-order valence-corrected chi connectivity index (χ3v) is 2.43. The molecule has 0 aliphatic rings. The molecule has 0 bridgehead atoms. The third-order valence-electron chi connectivity index (χ3n) is 2.43. The number of hydrogen-bond donors (Lipinski definition) is 0. The Bertz CT molecular complexity index is 576.